The fourth-order valence-electron chi connectivity index (χ4n) is 2.06. The third-order valence-corrected chi connectivity index (χ3v) is 5.81. The molecule has 0 saturated heterocycles. The summed E-state index contributed by atoms with van der Waals surface area (Å²) in [6.45, 7) is 1.89. The van der Waals surface area contributed by atoms with E-state index in [0.717, 1.165) is 16.3 Å². The van der Waals surface area contributed by atoms with Crippen molar-refractivity contribution >= 4 is 45.7 Å². The first-order valence-electron chi connectivity index (χ1n) is 7.67. The molecule has 0 aliphatic rings. The molecule has 3 rings (SSSR count). The quantitative estimate of drug-likeness (QED) is 0.635. The summed E-state index contributed by atoms with van der Waals surface area (Å²) < 4.78 is 0. The van der Waals surface area contributed by atoms with Crippen molar-refractivity contribution in [2.45, 2.75) is 17.9 Å². The van der Waals surface area contributed by atoms with Gasteiger partial charge in [-0.05, 0) is 24.6 Å². The molecule has 0 spiro atoms. The molecule has 1 N–H and O–H groups in total. The maximum atomic E-state index is 12.3. The van der Waals surface area contributed by atoms with Crippen molar-refractivity contribution < 1.29 is 4.79 Å². The number of nitrogens with one attached hydrogen (secondary N) is 1. The number of aromatic nitrogens is 2. The molecule has 0 bridgehead atoms. The van der Waals surface area contributed by atoms with Gasteiger partial charge in [0.05, 0.1) is 5.25 Å². The Morgan fingerprint density at radius 1 is 1.16 bits per heavy atom. The number of hydrogen-bond donors (Lipinski definition) is 1. The van der Waals surface area contributed by atoms with Crippen molar-refractivity contribution in [2.24, 2.45) is 0 Å². The van der Waals surface area contributed by atoms with Gasteiger partial charge in [0, 0.05) is 16.3 Å². The van der Waals surface area contributed by atoms with Gasteiger partial charge in [-0.15, -0.1) is 22.0 Å². The highest BCUT2D eigenvalue weighted by atomic mass is 35.5. The maximum absolute atomic E-state index is 12.3. The highest BCUT2D eigenvalue weighted by molar-refractivity contribution is 7.99. The van der Waals surface area contributed by atoms with Gasteiger partial charge >= 0.3 is 0 Å². The van der Waals surface area contributed by atoms with Gasteiger partial charge in [0.25, 0.3) is 0 Å². The lowest BCUT2D eigenvalue weighted by Gasteiger charge is -2.10. The van der Waals surface area contributed by atoms with E-state index in [-0.39, 0.29) is 11.2 Å². The van der Waals surface area contributed by atoms with Crippen LogP contribution in [0.5, 0.6) is 0 Å². The Labute approximate surface area is 159 Å². The van der Waals surface area contributed by atoms with Crippen LogP contribution < -0.4 is 5.32 Å². The van der Waals surface area contributed by atoms with E-state index < -0.39 is 0 Å². The maximum Gasteiger partial charge on any atom is 0.239 e. The van der Waals surface area contributed by atoms with Gasteiger partial charge in [-0.3, -0.25) is 10.1 Å². The molecule has 0 fully saturated rings. The van der Waals surface area contributed by atoms with Gasteiger partial charge in [0.15, 0.2) is 0 Å². The fourth-order valence-corrected chi connectivity index (χ4v) is 3.78. The Kier molecular flexibility index (Phi) is 6.07. The van der Waals surface area contributed by atoms with Crippen molar-refractivity contribution in [2.75, 3.05) is 5.32 Å². The van der Waals surface area contributed by atoms with Crippen LogP contribution in [-0.4, -0.2) is 21.4 Å². The Balaban J connectivity index is 1.56. The average molecular weight is 390 g/mol. The number of anilines is 1. The number of carbonyl (C=O) groups excluding carboxylic acids is 1. The smallest absolute Gasteiger partial charge is 0.239 e. The number of nitrogens with zero attached hydrogens (tertiary/aromatic N) is 2. The van der Waals surface area contributed by atoms with Crippen LogP contribution in [0.4, 0.5) is 5.13 Å². The lowest BCUT2D eigenvalue weighted by atomic mass is 10.2. The normalized spacial score (nSPS) is 11.9. The molecule has 0 aliphatic carbocycles. The standard InChI is InChI=1S/C18H16ClN3OS2/c1-12(24-11-13-5-3-2-4-6-13)16(23)20-18-22-21-17(25-18)14-7-9-15(19)10-8-14/h2-10,12H,11H2,1H3,(H,20,22,23). The highest BCUT2D eigenvalue weighted by Gasteiger charge is 2.16. The van der Waals surface area contributed by atoms with E-state index >= 15 is 0 Å². The molecule has 1 aromatic heterocycles. The molecule has 128 valence electrons. The molecular weight excluding hydrogens is 374 g/mol. The SMILES string of the molecule is CC(SCc1ccccc1)C(=O)Nc1nnc(-c2ccc(Cl)cc2)s1. The molecule has 3 aromatic rings. The van der Waals surface area contributed by atoms with Crippen LogP contribution in [0, 0.1) is 0 Å². The molecule has 4 nitrogen and oxygen atoms in total. The van der Waals surface area contributed by atoms with Gasteiger partial charge in [0.1, 0.15) is 5.01 Å². The van der Waals surface area contributed by atoms with Gasteiger partial charge in [-0.2, -0.15) is 0 Å². The van der Waals surface area contributed by atoms with Gasteiger partial charge in [0.2, 0.25) is 11.0 Å². The number of halogens is 1. The second kappa shape index (κ2) is 8.47. The third kappa shape index (κ3) is 5.04. The number of amides is 1. The number of carbonyl (C=O) groups is 1. The monoisotopic (exact) mass is 389 g/mol. The van der Waals surface area contributed by atoms with Crippen molar-refractivity contribution in [3.8, 4) is 10.6 Å². The van der Waals surface area contributed by atoms with E-state index in [1.165, 1.54) is 16.9 Å². The van der Waals surface area contributed by atoms with E-state index in [1.807, 2.05) is 37.3 Å². The predicted octanol–water partition coefficient (Wildman–Crippen LogP) is 5.12. The molecule has 1 atom stereocenters. The van der Waals surface area contributed by atoms with Crippen molar-refractivity contribution in [3.63, 3.8) is 0 Å². The second-order valence-corrected chi connectivity index (χ2v) is 8.09. The predicted molar refractivity (Wildman–Crippen MR) is 106 cm³/mol. The first kappa shape index (κ1) is 17.9. The topological polar surface area (TPSA) is 54.9 Å². The van der Waals surface area contributed by atoms with Gasteiger partial charge in [-0.25, -0.2) is 0 Å². The van der Waals surface area contributed by atoms with Gasteiger partial charge < -0.3 is 0 Å². The lowest BCUT2D eigenvalue weighted by molar-refractivity contribution is -0.115. The zero-order valence-corrected chi connectivity index (χ0v) is 15.9. The summed E-state index contributed by atoms with van der Waals surface area (Å²) >= 11 is 8.83. The summed E-state index contributed by atoms with van der Waals surface area (Å²) in [5.74, 6) is 0.724. The largest absolute Gasteiger partial charge is 0.300 e. The van der Waals surface area contributed by atoms with E-state index in [2.05, 4.69) is 27.6 Å². The zero-order chi connectivity index (χ0) is 17.6. The van der Waals surface area contributed by atoms with Gasteiger partial charge in [-0.1, -0.05) is 65.4 Å². The first-order chi connectivity index (χ1) is 12.1. The zero-order valence-electron chi connectivity index (χ0n) is 13.5. The lowest BCUT2D eigenvalue weighted by Crippen LogP contribution is -2.22. The Morgan fingerprint density at radius 3 is 2.60 bits per heavy atom. The van der Waals surface area contributed by atoms with Crippen molar-refractivity contribution in [1.29, 1.82) is 0 Å². The minimum Gasteiger partial charge on any atom is -0.300 e. The van der Waals surface area contributed by atoms with Crippen LogP contribution in [0.3, 0.4) is 0 Å². The van der Waals surface area contributed by atoms with E-state index in [0.29, 0.717) is 10.2 Å². The third-order valence-electron chi connectivity index (χ3n) is 3.46. The minimum absolute atomic E-state index is 0.0697. The van der Waals surface area contributed by atoms with Crippen LogP contribution in [0.25, 0.3) is 10.6 Å². The molecule has 1 heterocycles. The summed E-state index contributed by atoms with van der Waals surface area (Å²) in [5.41, 5.74) is 2.13. The molecule has 0 aliphatic heterocycles. The highest BCUT2D eigenvalue weighted by Crippen LogP contribution is 2.28. The van der Waals surface area contributed by atoms with Crippen LogP contribution in [-0.2, 0) is 10.5 Å². The molecule has 0 radical (unpaired) electrons. The van der Waals surface area contributed by atoms with Crippen LogP contribution in [0.1, 0.15) is 12.5 Å². The fraction of sp³-hybridized carbons (Fsp3) is 0.167. The van der Waals surface area contributed by atoms with Crippen LogP contribution in [0.2, 0.25) is 5.02 Å². The first-order valence-corrected chi connectivity index (χ1v) is 9.92. The van der Waals surface area contributed by atoms with E-state index in [1.54, 1.807) is 23.9 Å². The van der Waals surface area contributed by atoms with Crippen LogP contribution >= 0.6 is 34.7 Å². The van der Waals surface area contributed by atoms with Crippen molar-refractivity contribution in [3.05, 3.63) is 65.2 Å². The van der Waals surface area contributed by atoms with E-state index in [9.17, 15) is 4.79 Å². The second-order valence-electron chi connectivity index (χ2n) is 5.35. The number of benzene rings is 2. The molecule has 25 heavy (non-hydrogen) atoms. The Morgan fingerprint density at radius 2 is 1.88 bits per heavy atom. The van der Waals surface area contributed by atoms with E-state index in [4.69, 9.17) is 11.6 Å². The average Bonchev–Trinajstić information content (AvgIpc) is 3.09. The van der Waals surface area contributed by atoms with Crippen molar-refractivity contribution in [1.82, 2.24) is 10.2 Å². The number of thioether (sulfide) groups is 1. The number of hydrogen-bond acceptors (Lipinski definition) is 5. The number of rotatable bonds is 6. The molecule has 0 saturated carbocycles. The van der Waals surface area contributed by atoms with Crippen LogP contribution in [0.15, 0.2) is 54.6 Å². The summed E-state index contributed by atoms with van der Waals surface area (Å²) in [4.78, 5) is 12.3. The minimum atomic E-state index is -0.178. The molecule has 7 heteroatoms. The molecule has 2 aromatic carbocycles. The summed E-state index contributed by atoms with van der Waals surface area (Å²) in [6, 6.07) is 17.5. The Bertz CT molecular complexity index is 837. The summed E-state index contributed by atoms with van der Waals surface area (Å²) in [7, 11) is 0. The summed E-state index contributed by atoms with van der Waals surface area (Å²) in [6.07, 6.45) is 0. The molecule has 1 unspecified atom stereocenters. The molecular formula is C18H16ClN3OS2. The molecule has 1 amide bonds. The summed E-state index contributed by atoms with van der Waals surface area (Å²) in [5, 5.41) is 12.8. The Hall–Kier alpha value is -1.89.